The van der Waals surface area contributed by atoms with Crippen molar-refractivity contribution in [3.63, 3.8) is 0 Å². The van der Waals surface area contributed by atoms with Crippen LogP contribution in [0.1, 0.15) is 25.8 Å². The summed E-state index contributed by atoms with van der Waals surface area (Å²) in [5.74, 6) is -1.02. The Bertz CT molecular complexity index is 429. The Kier molecular flexibility index (Phi) is 4.67. The van der Waals surface area contributed by atoms with Crippen LogP contribution < -0.4 is 4.74 Å². The van der Waals surface area contributed by atoms with E-state index in [1.165, 1.54) is 26.2 Å². The topological polar surface area (TPSA) is 55.8 Å². The van der Waals surface area contributed by atoms with Crippen molar-refractivity contribution in [2.45, 2.75) is 25.9 Å². The van der Waals surface area contributed by atoms with Gasteiger partial charge in [-0.1, -0.05) is 6.07 Å². The molecule has 5 heteroatoms. The lowest BCUT2D eigenvalue weighted by molar-refractivity contribution is -0.148. The molecule has 0 heterocycles. The van der Waals surface area contributed by atoms with Gasteiger partial charge in [-0.2, -0.15) is 0 Å². The second-order valence-electron chi connectivity index (χ2n) is 4.10. The average molecular weight is 256 g/mol. The van der Waals surface area contributed by atoms with Crippen molar-refractivity contribution in [1.82, 2.24) is 0 Å². The number of ether oxygens (including phenoxy) is 2. The number of hydrogen-bond donors (Lipinski definition) is 1. The fourth-order valence-electron chi connectivity index (χ4n) is 1.60. The first-order valence-electron chi connectivity index (χ1n) is 5.62. The maximum atomic E-state index is 13.5. The van der Waals surface area contributed by atoms with Gasteiger partial charge in [-0.15, -0.1) is 0 Å². The third-order valence-electron chi connectivity index (χ3n) is 2.57. The maximum Gasteiger partial charge on any atom is 0.309 e. The summed E-state index contributed by atoms with van der Waals surface area (Å²) in [6.45, 7) is 3.36. The van der Waals surface area contributed by atoms with Crippen molar-refractivity contribution in [3.05, 3.63) is 29.6 Å². The van der Waals surface area contributed by atoms with Crippen molar-refractivity contribution >= 4 is 5.97 Å². The minimum Gasteiger partial charge on any atom is -0.494 e. The highest BCUT2D eigenvalue weighted by Gasteiger charge is 2.28. The number of aliphatic hydroxyl groups is 1. The Morgan fingerprint density at radius 3 is 2.67 bits per heavy atom. The second-order valence-corrected chi connectivity index (χ2v) is 4.10. The quantitative estimate of drug-likeness (QED) is 0.819. The standard InChI is InChI=1S/C13H17FO4/c1-4-18-12(15)8-13(2,16)9-5-6-11(17-3)10(14)7-9/h5-7,16H,4,8H2,1-3H3. The van der Waals surface area contributed by atoms with Gasteiger partial charge in [-0.05, 0) is 31.5 Å². The van der Waals surface area contributed by atoms with Gasteiger partial charge in [0.05, 0.1) is 25.7 Å². The van der Waals surface area contributed by atoms with E-state index >= 15 is 0 Å². The van der Waals surface area contributed by atoms with E-state index in [9.17, 15) is 14.3 Å². The molecule has 18 heavy (non-hydrogen) atoms. The van der Waals surface area contributed by atoms with Crippen LogP contribution in [0.5, 0.6) is 5.75 Å². The van der Waals surface area contributed by atoms with E-state index in [1.807, 2.05) is 0 Å². The number of rotatable bonds is 5. The number of hydrogen-bond acceptors (Lipinski definition) is 4. The lowest BCUT2D eigenvalue weighted by Gasteiger charge is -2.23. The first-order valence-corrected chi connectivity index (χ1v) is 5.62. The molecule has 0 saturated carbocycles. The second kappa shape index (κ2) is 5.82. The summed E-state index contributed by atoms with van der Waals surface area (Å²) in [5, 5.41) is 10.2. The summed E-state index contributed by atoms with van der Waals surface area (Å²) in [7, 11) is 1.36. The molecule has 0 fully saturated rings. The summed E-state index contributed by atoms with van der Waals surface area (Å²) in [6.07, 6.45) is -0.230. The molecule has 100 valence electrons. The van der Waals surface area contributed by atoms with Crippen molar-refractivity contribution in [1.29, 1.82) is 0 Å². The van der Waals surface area contributed by atoms with E-state index in [2.05, 4.69) is 0 Å². The van der Waals surface area contributed by atoms with Crippen molar-refractivity contribution in [2.75, 3.05) is 13.7 Å². The summed E-state index contributed by atoms with van der Waals surface area (Å²) >= 11 is 0. The molecule has 0 spiro atoms. The van der Waals surface area contributed by atoms with E-state index in [0.29, 0.717) is 5.56 Å². The number of benzene rings is 1. The minimum absolute atomic E-state index is 0.0886. The molecule has 0 saturated heterocycles. The SMILES string of the molecule is CCOC(=O)CC(C)(O)c1ccc(OC)c(F)c1. The van der Waals surface area contributed by atoms with Crippen LogP contribution in [0.3, 0.4) is 0 Å². The van der Waals surface area contributed by atoms with E-state index in [4.69, 9.17) is 9.47 Å². The summed E-state index contributed by atoms with van der Waals surface area (Å²) in [6, 6.07) is 4.07. The van der Waals surface area contributed by atoms with Gasteiger partial charge in [0, 0.05) is 0 Å². The normalized spacial score (nSPS) is 13.8. The van der Waals surface area contributed by atoms with Crippen molar-refractivity contribution in [3.8, 4) is 5.75 Å². The predicted molar refractivity (Wildman–Crippen MR) is 63.8 cm³/mol. The van der Waals surface area contributed by atoms with Gasteiger partial charge < -0.3 is 14.6 Å². The molecule has 1 aromatic carbocycles. The monoisotopic (exact) mass is 256 g/mol. The van der Waals surface area contributed by atoms with Crippen LogP contribution >= 0.6 is 0 Å². The van der Waals surface area contributed by atoms with Crippen LogP contribution in [-0.4, -0.2) is 24.8 Å². The molecule has 1 unspecified atom stereocenters. The smallest absolute Gasteiger partial charge is 0.309 e. The number of methoxy groups -OCH3 is 1. The summed E-state index contributed by atoms with van der Waals surface area (Å²) in [4.78, 5) is 11.3. The number of halogens is 1. The molecule has 1 rings (SSSR count). The Hall–Kier alpha value is -1.62. The Morgan fingerprint density at radius 2 is 2.17 bits per heavy atom. The third-order valence-corrected chi connectivity index (χ3v) is 2.57. The van der Waals surface area contributed by atoms with E-state index in [-0.39, 0.29) is 18.8 Å². The van der Waals surface area contributed by atoms with Gasteiger partial charge >= 0.3 is 5.97 Å². The molecule has 0 bridgehead atoms. The summed E-state index contributed by atoms with van der Waals surface area (Å²) < 4.78 is 23.1. The fraction of sp³-hybridized carbons (Fsp3) is 0.462. The fourth-order valence-corrected chi connectivity index (χ4v) is 1.60. The first-order chi connectivity index (χ1) is 8.40. The highest BCUT2D eigenvalue weighted by Crippen LogP contribution is 2.28. The van der Waals surface area contributed by atoms with E-state index in [1.54, 1.807) is 6.92 Å². The Labute approximate surface area is 105 Å². The zero-order valence-electron chi connectivity index (χ0n) is 10.7. The van der Waals surface area contributed by atoms with Crippen molar-refractivity contribution in [2.24, 2.45) is 0 Å². The largest absolute Gasteiger partial charge is 0.494 e. The average Bonchev–Trinajstić information content (AvgIpc) is 2.28. The molecule has 0 aliphatic carbocycles. The molecule has 0 aliphatic rings. The van der Waals surface area contributed by atoms with Crippen LogP contribution in [0.2, 0.25) is 0 Å². The zero-order valence-corrected chi connectivity index (χ0v) is 10.7. The van der Waals surface area contributed by atoms with Gasteiger partial charge in [0.25, 0.3) is 0 Å². The highest BCUT2D eigenvalue weighted by molar-refractivity contribution is 5.71. The predicted octanol–water partition coefficient (Wildman–Crippen LogP) is 2.00. The van der Waals surface area contributed by atoms with Crippen LogP contribution in [0.25, 0.3) is 0 Å². The molecule has 0 aromatic heterocycles. The molecular weight excluding hydrogens is 239 g/mol. The highest BCUT2D eigenvalue weighted by atomic mass is 19.1. The molecule has 0 amide bonds. The van der Waals surface area contributed by atoms with Crippen LogP contribution in [0.15, 0.2) is 18.2 Å². The van der Waals surface area contributed by atoms with Gasteiger partial charge in [0.1, 0.15) is 0 Å². The van der Waals surface area contributed by atoms with Gasteiger partial charge in [0.15, 0.2) is 11.6 Å². The zero-order chi connectivity index (χ0) is 13.8. The Balaban J connectivity index is 2.90. The molecular formula is C13H17FO4. The number of carbonyl (C=O) groups excluding carboxylic acids is 1. The molecule has 1 N–H and O–H groups in total. The van der Waals surface area contributed by atoms with Crippen LogP contribution in [-0.2, 0) is 15.1 Å². The Morgan fingerprint density at radius 1 is 1.50 bits per heavy atom. The summed E-state index contributed by atoms with van der Waals surface area (Å²) in [5.41, 5.74) is -1.17. The van der Waals surface area contributed by atoms with Crippen molar-refractivity contribution < 1.29 is 23.8 Å². The number of esters is 1. The lowest BCUT2D eigenvalue weighted by atomic mass is 9.92. The van der Waals surface area contributed by atoms with E-state index < -0.39 is 17.4 Å². The molecule has 4 nitrogen and oxygen atoms in total. The van der Waals surface area contributed by atoms with E-state index in [0.717, 1.165) is 6.07 Å². The minimum atomic E-state index is -1.47. The number of carbonyl (C=O) groups is 1. The molecule has 1 aromatic rings. The van der Waals surface area contributed by atoms with Gasteiger partial charge in [0.2, 0.25) is 0 Å². The maximum absolute atomic E-state index is 13.5. The molecule has 1 atom stereocenters. The third kappa shape index (κ3) is 3.43. The van der Waals surface area contributed by atoms with Gasteiger partial charge in [-0.3, -0.25) is 4.79 Å². The molecule has 0 aliphatic heterocycles. The molecule has 0 radical (unpaired) electrons. The first kappa shape index (κ1) is 14.4. The van der Waals surface area contributed by atoms with Crippen LogP contribution in [0.4, 0.5) is 4.39 Å². The van der Waals surface area contributed by atoms with Gasteiger partial charge in [-0.25, -0.2) is 4.39 Å². The van der Waals surface area contributed by atoms with Crippen LogP contribution in [0, 0.1) is 5.82 Å². The lowest BCUT2D eigenvalue weighted by Crippen LogP contribution is -2.26.